The van der Waals surface area contributed by atoms with Crippen LogP contribution in [0.4, 0.5) is 0 Å². The molecule has 2 N–H and O–H groups in total. The third-order valence-corrected chi connectivity index (χ3v) is 3.29. The van der Waals surface area contributed by atoms with Crippen molar-refractivity contribution < 1.29 is 19.4 Å². The molecule has 8 heteroatoms. The van der Waals surface area contributed by atoms with Gasteiger partial charge in [0.05, 0.1) is 13.2 Å². The summed E-state index contributed by atoms with van der Waals surface area (Å²) in [5, 5.41) is 16.4. The number of ether oxygens (including phenoxy) is 2. The van der Waals surface area contributed by atoms with Gasteiger partial charge in [-0.05, 0) is 18.2 Å². The van der Waals surface area contributed by atoms with Gasteiger partial charge in [0.15, 0.2) is 0 Å². The number of aliphatic hydroxyl groups is 1. The number of carbonyl (C=O) groups excluding carboxylic acids is 1. The molecular weight excluding hydrogens is 326 g/mol. The van der Waals surface area contributed by atoms with Gasteiger partial charge in [-0.2, -0.15) is 5.10 Å². The fourth-order valence-electron chi connectivity index (χ4n) is 1.98. The van der Waals surface area contributed by atoms with Crippen molar-refractivity contribution >= 4 is 5.91 Å². The molecule has 0 radical (unpaired) electrons. The lowest BCUT2D eigenvalue weighted by Crippen LogP contribution is -2.37. The number of aliphatic hydroxyl groups excluding tert-OH is 1. The summed E-state index contributed by atoms with van der Waals surface area (Å²) >= 11 is 0. The van der Waals surface area contributed by atoms with Crippen molar-refractivity contribution in [2.75, 3.05) is 26.9 Å². The Bertz CT molecular complexity index is 733. The second-order valence-electron chi connectivity index (χ2n) is 5.26. The minimum absolute atomic E-state index is 0.00451. The Labute approximate surface area is 145 Å². The molecule has 2 rings (SSSR count). The van der Waals surface area contributed by atoms with Crippen molar-refractivity contribution in [2.45, 2.75) is 12.6 Å². The predicted octanol–water partition coefficient (Wildman–Crippen LogP) is 0.0594. The van der Waals surface area contributed by atoms with Crippen LogP contribution in [0.15, 0.2) is 47.3 Å². The average Bonchev–Trinajstić information content (AvgIpc) is 2.64. The van der Waals surface area contributed by atoms with E-state index in [2.05, 4.69) is 10.4 Å². The molecule has 0 fully saturated rings. The summed E-state index contributed by atoms with van der Waals surface area (Å²) in [5.41, 5.74) is -0.225. The van der Waals surface area contributed by atoms with Crippen LogP contribution in [0.25, 0.3) is 0 Å². The number of hydrogen-bond acceptors (Lipinski definition) is 6. The third-order valence-electron chi connectivity index (χ3n) is 3.29. The quantitative estimate of drug-likeness (QED) is 0.665. The molecule has 1 aromatic heterocycles. The Balaban J connectivity index is 1.84. The minimum Gasteiger partial charge on any atom is -0.491 e. The van der Waals surface area contributed by atoms with Gasteiger partial charge >= 0.3 is 0 Å². The molecule has 0 aliphatic rings. The van der Waals surface area contributed by atoms with Crippen LogP contribution in [0.1, 0.15) is 10.5 Å². The van der Waals surface area contributed by atoms with E-state index in [1.54, 1.807) is 12.1 Å². The van der Waals surface area contributed by atoms with Crippen LogP contribution >= 0.6 is 0 Å². The van der Waals surface area contributed by atoms with Crippen LogP contribution in [0.3, 0.4) is 0 Å². The monoisotopic (exact) mass is 347 g/mol. The van der Waals surface area contributed by atoms with E-state index in [0.29, 0.717) is 12.4 Å². The highest BCUT2D eigenvalue weighted by Gasteiger charge is 2.12. The highest BCUT2D eigenvalue weighted by atomic mass is 16.5. The molecule has 25 heavy (non-hydrogen) atoms. The average molecular weight is 347 g/mol. The number of rotatable bonds is 9. The van der Waals surface area contributed by atoms with E-state index < -0.39 is 12.0 Å². The number of methoxy groups -OCH3 is 1. The molecule has 1 aromatic carbocycles. The van der Waals surface area contributed by atoms with Crippen molar-refractivity contribution in [3.8, 4) is 5.75 Å². The van der Waals surface area contributed by atoms with Crippen LogP contribution in [0.5, 0.6) is 5.75 Å². The van der Waals surface area contributed by atoms with Gasteiger partial charge in [-0.25, -0.2) is 4.68 Å². The predicted molar refractivity (Wildman–Crippen MR) is 90.7 cm³/mol. The Kier molecular flexibility index (Phi) is 7.12. The maximum atomic E-state index is 12.1. The van der Waals surface area contributed by atoms with E-state index in [1.165, 1.54) is 19.2 Å². The van der Waals surface area contributed by atoms with Gasteiger partial charge in [0.1, 0.15) is 24.2 Å². The number of nitrogens with one attached hydrogen (secondary N) is 1. The van der Waals surface area contributed by atoms with Crippen molar-refractivity contribution in [2.24, 2.45) is 0 Å². The van der Waals surface area contributed by atoms with Gasteiger partial charge in [0.2, 0.25) is 0 Å². The summed E-state index contributed by atoms with van der Waals surface area (Å²) in [6, 6.07) is 11.7. The van der Waals surface area contributed by atoms with Crippen molar-refractivity contribution in [3.05, 3.63) is 58.5 Å². The summed E-state index contributed by atoms with van der Waals surface area (Å²) in [6.07, 6.45) is -0.872. The van der Waals surface area contributed by atoms with Gasteiger partial charge in [0.25, 0.3) is 11.5 Å². The summed E-state index contributed by atoms with van der Waals surface area (Å²) in [5.74, 6) is 0.157. The zero-order valence-electron chi connectivity index (χ0n) is 13.9. The summed E-state index contributed by atoms with van der Waals surface area (Å²) in [4.78, 5) is 23.7. The van der Waals surface area contributed by atoms with Gasteiger partial charge in [-0.15, -0.1) is 0 Å². The number of para-hydroxylation sites is 1. The fraction of sp³-hybridized carbons (Fsp3) is 0.353. The maximum absolute atomic E-state index is 12.1. The van der Waals surface area contributed by atoms with Crippen molar-refractivity contribution in [1.82, 2.24) is 15.1 Å². The zero-order valence-corrected chi connectivity index (χ0v) is 13.9. The topological polar surface area (TPSA) is 103 Å². The van der Waals surface area contributed by atoms with Gasteiger partial charge < -0.3 is 19.9 Å². The first-order valence-electron chi connectivity index (χ1n) is 7.81. The molecular formula is C17H21N3O5. The molecule has 1 atom stereocenters. The lowest BCUT2D eigenvalue weighted by atomic mass is 10.3. The molecule has 0 aliphatic carbocycles. The number of nitrogens with zero attached hydrogens (tertiary/aromatic N) is 2. The van der Waals surface area contributed by atoms with Gasteiger partial charge in [-0.3, -0.25) is 9.59 Å². The fourth-order valence-corrected chi connectivity index (χ4v) is 1.98. The molecule has 0 unspecified atom stereocenters. The van der Waals surface area contributed by atoms with Crippen LogP contribution in [-0.4, -0.2) is 53.8 Å². The Morgan fingerprint density at radius 1 is 1.28 bits per heavy atom. The first-order valence-corrected chi connectivity index (χ1v) is 7.81. The Morgan fingerprint density at radius 3 is 2.76 bits per heavy atom. The second kappa shape index (κ2) is 9.55. The van der Waals surface area contributed by atoms with E-state index in [4.69, 9.17) is 9.47 Å². The number of aromatic nitrogens is 2. The molecule has 0 saturated heterocycles. The van der Waals surface area contributed by atoms with Gasteiger partial charge in [0, 0.05) is 19.7 Å². The number of hydrogen-bond donors (Lipinski definition) is 2. The van der Waals surface area contributed by atoms with Gasteiger partial charge in [-0.1, -0.05) is 18.2 Å². The lowest BCUT2D eigenvalue weighted by molar-refractivity contribution is 0.0837. The molecule has 0 spiro atoms. The molecule has 134 valence electrons. The number of amides is 1. The Morgan fingerprint density at radius 2 is 2.04 bits per heavy atom. The van der Waals surface area contributed by atoms with E-state index in [0.717, 1.165) is 4.68 Å². The first-order chi connectivity index (χ1) is 12.1. The van der Waals surface area contributed by atoms with Crippen LogP contribution in [0, 0.1) is 0 Å². The van der Waals surface area contributed by atoms with Crippen molar-refractivity contribution in [1.29, 1.82) is 0 Å². The van der Waals surface area contributed by atoms with Crippen LogP contribution in [0.2, 0.25) is 0 Å². The minimum atomic E-state index is -0.872. The van der Waals surface area contributed by atoms with E-state index >= 15 is 0 Å². The molecule has 1 amide bonds. The summed E-state index contributed by atoms with van der Waals surface area (Å²) in [7, 11) is 1.51. The summed E-state index contributed by atoms with van der Waals surface area (Å²) in [6.45, 7) is 0.618. The number of carbonyl (C=O) groups is 1. The number of benzene rings is 1. The molecule has 8 nitrogen and oxygen atoms in total. The molecule has 1 heterocycles. The molecule has 2 aromatic rings. The first kappa shape index (κ1) is 18.6. The standard InChI is InChI=1S/C17H21N3O5/c1-24-10-9-20-16(22)8-7-15(19-20)17(23)18-11-13(21)12-25-14-5-3-2-4-6-14/h2-8,13,21H,9-12H2,1H3,(H,18,23)/t13-/m0/s1. The second-order valence-corrected chi connectivity index (χ2v) is 5.26. The van der Waals surface area contributed by atoms with E-state index in [1.807, 2.05) is 18.2 Å². The highest BCUT2D eigenvalue weighted by Crippen LogP contribution is 2.08. The van der Waals surface area contributed by atoms with Crippen LogP contribution in [-0.2, 0) is 11.3 Å². The summed E-state index contributed by atoms with van der Waals surface area (Å²) < 4.78 is 11.5. The molecule has 0 saturated carbocycles. The maximum Gasteiger partial charge on any atom is 0.271 e. The van der Waals surface area contributed by atoms with E-state index in [9.17, 15) is 14.7 Å². The Hall–Kier alpha value is -2.71. The van der Waals surface area contributed by atoms with E-state index in [-0.39, 0.29) is 30.9 Å². The zero-order chi connectivity index (χ0) is 18.1. The molecule has 0 aliphatic heterocycles. The largest absolute Gasteiger partial charge is 0.491 e. The smallest absolute Gasteiger partial charge is 0.271 e. The third kappa shape index (κ3) is 6.02. The molecule has 0 bridgehead atoms. The van der Waals surface area contributed by atoms with Crippen molar-refractivity contribution in [3.63, 3.8) is 0 Å². The highest BCUT2D eigenvalue weighted by molar-refractivity contribution is 5.91. The lowest BCUT2D eigenvalue weighted by Gasteiger charge is -2.13. The SMILES string of the molecule is COCCn1nc(C(=O)NC[C@H](O)COc2ccccc2)ccc1=O. The van der Waals surface area contributed by atoms with Crippen LogP contribution < -0.4 is 15.6 Å². The normalized spacial score (nSPS) is 11.8.